The molecule has 0 fully saturated rings. The van der Waals surface area contributed by atoms with Crippen molar-refractivity contribution in [2.45, 2.75) is 259 Å². The first kappa shape index (κ1) is 87.9. The number of esters is 1. The minimum Gasteiger partial charge on any atom is -0.487 e. The largest absolute Gasteiger partial charge is 0.487 e. The second kappa shape index (κ2) is 39.9. The lowest BCUT2D eigenvalue weighted by Crippen LogP contribution is -2.62. The Morgan fingerprint density at radius 2 is 1.20 bits per heavy atom. The van der Waals surface area contributed by atoms with Gasteiger partial charge in [0, 0.05) is 13.1 Å². The average molecular weight is 1460 g/mol. The maximum Gasteiger partial charge on any atom is 0.408 e. The molecule has 32 heteroatoms. The summed E-state index contributed by atoms with van der Waals surface area (Å²) < 4.78 is 58.0. The van der Waals surface area contributed by atoms with E-state index in [0.29, 0.717) is 35.3 Å². The van der Waals surface area contributed by atoms with Gasteiger partial charge < -0.3 is 87.1 Å². The fourth-order valence-electron chi connectivity index (χ4n) is 10.7. The first-order chi connectivity index (χ1) is 47.3. The monoisotopic (exact) mass is 1460 g/mol. The number of aliphatic hydroxyl groups is 2. The molecule has 14 N–H and O–H groups in total. The molecule has 1 heterocycles. The van der Waals surface area contributed by atoms with Gasteiger partial charge in [-0.15, -0.1) is 0 Å². The summed E-state index contributed by atoms with van der Waals surface area (Å²) in [5.74, 6) is -9.13. The third-order valence-corrected chi connectivity index (χ3v) is 18.3. The number of aliphatic hydroxyl groups excluding tert-OH is 2. The number of sulfonamides is 1. The third-order valence-electron chi connectivity index (χ3n) is 16.7. The van der Waals surface area contributed by atoms with E-state index in [-0.39, 0.29) is 75.6 Å². The van der Waals surface area contributed by atoms with Crippen LogP contribution in [0, 0.1) is 43.9 Å². The van der Waals surface area contributed by atoms with Crippen molar-refractivity contribution in [2.24, 2.45) is 17.8 Å². The number of methoxy groups -OCH3 is 1. The van der Waals surface area contributed by atoms with Crippen LogP contribution in [0.4, 0.5) is 9.59 Å². The normalized spacial score (nSPS) is 15.8. The number of guanidine groups is 1. The number of amides is 9. The number of ether oxygens (including phenoxy) is 5. The highest BCUT2D eigenvalue weighted by atomic mass is 32.2. The number of benzene rings is 2. The Morgan fingerprint density at radius 3 is 1.75 bits per heavy atom. The first-order valence-corrected chi connectivity index (χ1v) is 36.1. The number of alkyl carbamates (subject to hydrolysis) is 2. The van der Waals surface area contributed by atoms with Crippen LogP contribution < -0.4 is 62.6 Å². The van der Waals surface area contributed by atoms with Crippen molar-refractivity contribution < 1.29 is 90.3 Å². The van der Waals surface area contributed by atoms with Crippen molar-refractivity contribution in [2.75, 3.05) is 33.4 Å². The van der Waals surface area contributed by atoms with Gasteiger partial charge in [0.05, 0.1) is 43.0 Å². The summed E-state index contributed by atoms with van der Waals surface area (Å²) in [4.78, 5) is 138. The Kier molecular flexibility index (Phi) is 34.4. The van der Waals surface area contributed by atoms with Gasteiger partial charge in [0.2, 0.25) is 47.3 Å². The summed E-state index contributed by atoms with van der Waals surface area (Å²) in [5, 5.41) is 56.4. The van der Waals surface area contributed by atoms with E-state index in [9.17, 15) is 66.6 Å². The molecule has 10 atom stereocenters. The summed E-state index contributed by atoms with van der Waals surface area (Å²) in [6.45, 7) is 28.9. The summed E-state index contributed by atoms with van der Waals surface area (Å²) in [6.07, 6.45) is -3.84. The Morgan fingerprint density at radius 1 is 0.647 bits per heavy atom. The van der Waals surface area contributed by atoms with Gasteiger partial charge >= 0.3 is 18.2 Å². The van der Waals surface area contributed by atoms with E-state index >= 15 is 0 Å². The van der Waals surface area contributed by atoms with Gasteiger partial charge in [-0.1, -0.05) is 78.3 Å². The molecular formula is C70H114N12O19S. The first-order valence-electron chi connectivity index (χ1n) is 34.6. The summed E-state index contributed by atoms with van der Waals surface area (Å²) in [6, 6.07) is -1.67. The van der Waals surface area contributed by atoms with E-state index in [1.165, 1.54) is 6.92 Å². The number of rotatable bonds is 37. The van der Waals surface area contributed by atoms with Gasteiger partial charge in [0.25, 0.3) is 10.0 Å². The van der Waals surface area contributed by atoms with Crippen LogP contribution in [0.2, 0.25) is 0 Å². The number of nitrogens with one attached hydrogen (secondary N) is 12. The number of carbonyl (C=O) groups is 10. The Balaban J connectivity index is 1.93. The van der Waals surface area contributed by atoms with E-state index in [0.717, 1.165) is 18.2 Å². The zero-order valence-corrected chi connectivity index (χ0v) is 63.6. The molecule has 0 unspecified atom stereocenters. The molecule has 0 spiro atoms. The Bertz CT molecular complexity index is 3340. The molecule has 574 valence electrons. The lowest BCUT2D eigenvalue weighted by Gasteiger charge is -2.35. The molecule has 2 aromatic carbocycles. The molecule has 1 aliphatic heterocycles. The number of hydrogen-bond acceptors (Lipinski definition) is 20. The molecule has 0 saturated heterocycles. The maximum atomic E-state index is 14.8. The minimum atomic E-state index is -4.37. The summed E-state index contributed by atoms with van der Waals surface area (Å²) >= 11 is 0. The average Bonchev–Trinajstić information content (AvgIpc) is 0.746. The SMILES string of the molecule is CC[C@H](C)[C@H](NC(=O)[C@@H](CCCNC(=N)NS(=O)(=O)c1c(C)c(C)c2c(c1C)CCC(C)(C)O2)NC(=O)[C@H](CC(C)C)NC(=O)[C@@H](NC(=O)OC(C)(C)C)[C@H](O)C(C)C)C(=O)N[C@H](C(=O)NCC(=O)N[C@@H](CCCNC(=O)OCc1ccccc1)C(=O)N[C@@H](COC(C)(C)C)C(=O)OC)[C@H](C)O. The molecule has 3 rings (SSSR count). The lowest BCUT2D eigenvalue weighted by atomic mass is 9.88. The molecular weight excluding hydrogens is 1340 g/mol. The van der Waals surface area contributed by atoms with E-state index < -0.39 is 165 Å². The quantitative estimate of drug-likeness (QED) is 0.0151. The van der Waals surface area contributed by atoms with E-state index in [1.807, 2.05) is 19.9 Å². The zero-order valence-electron chi connectivity index (χ0n) is 62.8. The van der Waals surface area contributed by atoms with Crippen LogP contribution in [0.5, 0.6) is 5.75 Å². The van der Waals surface area contributed by atoms with Crippen LogP contribution >= 0.6 is 0 Å². The molecule has 0 aromatic heterocycles. The highest BCUT2D eigenvalue weighted by Gasteiger charge is 2.40. The van der Waals surface area contributed by atoms with Gasteiger partial charge in [-0.05, 0) is 174 Å². The van der Waals surface area contributed by atoms with E-state index in [2.05, 4.69) is 57.9 Å². The van der Waals surface area contributed by atoms with Gasteiger partial charge in [-0.2, -0.15) is 0 Å². The predicted octanol–water partition coefficient (Wildman–Crippen LogP) is 3.40. The molecule has 0 bridgehead atoms. The molecule has 9 amide bonds. The molecule has 31 nitrogen and oxygen atoms in total. The van der Waals surface area contributed by atoms with Gasteiger partial charge in [0.15, 0.2) is 6.04 Å². The smallest absolute Gasteiger partial charge is 0.408 e. The summed E-state index contributed by atoms with van der Waals surface area (Å²) in [7, 11) is -3.26. The van der Waals surface area contributed by atoms with Crippen molar-refractivity contribution in [3.8, 4) is 5.75 Å². The van der Waals surface area contributed by atoms with Crippen LogP contribution in [-0.4, -0.2) is 189 Å². The molecule has 0 aliphatic carbocycles. The van der Waals surface area contributed by atoms with Crippen LogP contribution in [0.25, 0.3) is 0 Å². The maximum absolute atomic E-state index is 14.8. The van der Waals surface area contributed by atoms with E-state index in [1.54, 1.807) is 128 Å². The fourth-order valence-corrected chi connectivity index (χ4v) is 12.2. The number of hydrogen-bond donors (Lipinski definition) is 14. The number of fused-ring (bicyclic) bond motifs is 1. The topological polar surface area (TPSA) is 448 Å². The fraction of sp³-hybridized carbons (Fsp3) is 0.671. The molecule has 102 heavy (non-hydrogen) atoms. The lowest BCUT2D eigenvalue weighted by molar-refractivity contribution is -0.149. The molecule has 0 radical (unpaired) electrons. The van der Waals surface area contributed by atoms with Crippen molar-refractivity contribution >= 4 is 75.5 Å². The third kappa shape index (κ3) is 29.2. The van der Waals surface area contributed by atoms with Crippen LogP contribution in [0.1, 0.15) is 177 Å². The highest BCUT2D eigenvalue weighted by Crippen LogP contribution is 2.42. The zero-order chi connectivity index (χ0) is 77.4. The van der Waals surface area contributed by atoms with Crippen molar-refractivity contribution in [1.29, 1.82) is 5.41 Å². The van der Waals surface area contributed by atoms with Crippen LogP contribution in [-0.2, 0) is 80.4 Å². The second-order valence-corrected chi connectivity index (χ2v) is 30.7. The van der Waals surface area contributed by atoms with E-state index in [4.69, 9.17) is 29.1 Å². The summed E-state index contributed by atoms with van der Waals surface area (Å²) in [5.41, 5.74) is 0.844. The molecule has 2 aromatic rings. The van der Waals surface area contributed by atoms with Crippen molar-refractivity contribution in [3.63, 3.8) is 0 Å². The molecule has 1 aliphatic rings. The van der Waals surface area contributed by atoms with Crippen molar-refractivity contribution in [3.05, 3.63) is 58.1 Å². The molecule has 0 saturated carbocycles. The van der Waals surface area contributed by atoms with Gasteiger partial charge in [-0.3, -0.25) is 39.0 Å². The van der Waals surface area contributed by atoms with Crippen LogP contribution in [0.3, 0.4) is 0 Å². The standard InChI is InChI=1S/C70H114N12O19S/c1-20-40(6)52(62(90)80-53(44(10)83)61(89)74-35-51(84)75-47(58(86)78-50(64(92)97-19)37-99-68(11,12)13)28-25-33-73-66(93)98-36-45-26-22-21-23-27-45)79-59(87)48(76-60(88)49(34-38(2)3)77-63(91)54(55(85)39(4)5)81-67(94)101-69(14,15)16)29-24-32-72-65(71)82-102(95,96)57-42(8)41(7)56-46(43(57)9)30-31-70(17,18)100-56/h21-23,26-27,38-40,44,47-50,52-55,83,85H,20,24-25,28-37H2,1-19H3,(H,73,93)(H,74,89)(H,75,84)(H,76,88)(H,77,91)(H,78,86)(H,79,87)(H,80,90)(H,81,94)(H3,71,72,82)/t40-,44-,47-,48+,49-,50-,52-,53-,54-,55+/m0/s1. The van der Waals surface area contributed by atoms with Crippen LogP contribution in [0.15, 0.2) is 35.2 Å². The van der Waals surface area contributed by atoms with Gasteiger partial charge in [-0.25, -0.2) is 27.5 Å². The minimum absolute atomic E-state index is 0.00689. The second-order valence-electron chi connectivity index (χ2n) is 29.1. The predicted molar refractivity (Wildman–Crippen MR) is 380 cm³/mol. The number of carbonyl (C=O) groups excluding carboxylic acids is 10. The van der Waals surface area contributed by atoms with Gasteiger partial charge in [0.1, 0.15) is 59.8 Å². The Hall–Kier alpha value is -8.36. The Labute approximate surface area is 600 Å². The highest BCUT2D eigenvalue weighted by molar-refractivity contribution is 7.90. The van der Waals surface area contributed by atoms with Crippen molar-refractivity contribution in [1.82, 2.24) is 57.9 Å².